The van der Waals surface area contributed by atoms with Crippen LogP contribution in [0.25, 0.3) is 10.9 Å². The van der Waals surface area contributed by atoms with Crippen LogP contribution in [0, 0.1) is 0 Å². The van der Waals surface area contributed by atoms with Gasteiger partial charge in [-0.05, 0) is 29.2 Å². The van der Waals surface area contributed by atoms with Crippen molar-refractivity contribution in [3.8, 4) is 0 Å². The predicted octanol–water partition coefficient (Wildman–Crippen LogP) is 2.58. The molecule has 4 rings (SSSR count). The van der Waals surface area contributed by atoms with E-state index in [2.05, 4.69) is 15.6 Å². The van der Waals surface area contributed by atoms with Crippen molar-refractivity contribution >= 4 is 28.7 Å². The first-order chi connectivity index (χ1) is 17.9. The second-order valence-corrected chi connectivity index (χ2v) is 9.01. The number of carbonyl (C=O) groups is 3. The van der Waals surface area contributed by atoms with Crippen molar-refractivity contribution in [2.24, 2.45) is 5.73 Å². The highest BCUT2D eigenvalue weighted by Crippen LogP contribution is 2.19. The minimum absolute atomic E-state index is 0.114. The number of aromatic amines is 1. The Hall–Kier alpha value is -4.43. The van der Waals surface area contributed by atoms with Gasteiger partial charge in [0.25, 0.3) is 0 Å². The number of aromatic nitrogens is 1. The van der Waals surface area contributed by atoms with E-state index in [9.17, 15) is 19.5 Å². The van der Waals surface area contributed by atoms with E-state index in [1.807, 2.05) is 72.8 Å². The summed E-state index contributed by atoms with van der Waals surface area (Å²) in [7, 11) is 0. The molecule has 1 heterocycles. The van der Waals surface area contributed by atoms with Crippen LogP contribution in [0.1, 0.15) is 16.7 Å². The van der Waals surface area contributed by atoms with Gasteiger partial charge in [-0.2, -0.15) is 0 Å². The highest BCUT2D eigenvalue weighted by molar-refractivity contribution is 5.93. The number of carboxylic acids is 1. The van der Waals surface area contributed by atoms with E-state index in [-0.39, 0.29) is 12.8 Å². The highest BCUT2D eigenvalue weighted by Gasteiger charge is 2.29. The molecule has 4 aromatic rings. The van der Waals surface area contributed by atoms with Gasteiger partial charge in [-0.25, -0.2) is 4.79 Å². The summed E-state index contributed by atoms with van der Waals surface area (Å²) in [5.74, 6) is -2.23. The van der Waals surface area contributed by atoms with E-state index in [4.69, 9.17) is 5.73 Å². The number of nitrogens with one attached hydrogen (secondary N) is 3. The number of rotatable bonds is 11. The molecule has 3 atom stereocenters. The van der Waals surface area contributed by atoms with Gasteiger partial charge in [-0.1, -0.05) is 78.9 Å². The third-order valence-corrected chi connectivity index (χ3v) is 6.26. The van der Waals surface area contributed by atoms with Crippen molar-refractivity contribution < 1.29 is 19.5 Å². The second-order valence-electron chi connectivity index (χ2n) is 9.01. The molecular weight excluding hydrogens is 468 g/mol. The zero-order valence-corrected chi connectivity index (χ0v) is 20.3. The van der Waals surface area contributed by atoms with Gasteiger partial charge in [0.15, 0.2) is 0 Å². The number of hydrogen-bond acceptors (Lipinski definition) is 4. The summed E-state index contributed by atoms with van der Waals surface area (Å²) < 4.78 is 0. The molecule has 37 heavy (non-hydrogen) atoms. The van der Waals surface area contributed by atoms with Crippen molar-refractivity contribution in [1.29, 1.82) is 0 Å². The van der Waals surface area contributed by atoms with Crippen LogP contribution < -0.4 is 16.4 Å². The monoisotopic (exact) mass is 498 g/mol. The van der Waals surface area contributed by atoms with Crippen LogP contribution in [0.4, 0.5) is 0 Å². The Morgan fingerprint density at radius 2 is 1.30 bits per heavy atom. The topological polar surface area (TPSA) is 137 Å². The van der Waals surface area contributed by atoms with Crippen molar-refractivity contribution in [1.82, 2.24) is 15.6 Å². The van der Waals surface area contributed by atoms with E-state index in [0.29, 0.717) is 6.42 Å². The molecule has 0 aliphatic rings. The van der Waals surface area contributed by atoms with Crippen molar-refractivity contribution in [2.45, 2.75) is 37.4 Å². The van der Waals surface area contributed by atoms with Gasteiger partial charge in [0.1, 0.15) is 12.1 Å². The molecule has 6 N–H and O–H groups in total. The summed E-state index contributed by atoms with van der Waals surface area (Å²) in [4.78, 5) is 41.5. The van der Waals surface area contributed by atoms with E-state index >= 15 is 0 Å². The number of hydrogen-bond donors (Lipinski definition) is 5. The molecule has 1 aromatic heterocycles. The minimum atomic E-state index is -1.16. The fourth-order valence-electron chi connectivity index (χ4n) is 4.29. The standard InChI is InChI=1S/C29H30N4O4/c30-23(15-19-9-3-1-4-10-19)27(34)32-25(17-21-18-31-24-14-8-7-13-22(21)24)28(35)33-26(29(36)37)16-20-11-5-2-6-12-20/h1-14,18,23,25-26,31H,15-17,30H2,(H,32,34)(H,33,35)(H,36,37). The molecule has 3 unspecified atom stereocenters. The third-order valence-electron chi connectivity index (χ3n) is 6.26. The van der Waals surface area contributed by atoms with Gasteiger partial charge >= 0.3 is 5.97 Å². The Labute approximate surface area is 214 Å². The second kappa shape index (κ2) is 12.0. The van der Waals surface area contributed by atoms with Crippen LogP contribution >= 0.6 is 0 Å². The summed E-state index contributed by atoms with van der Waals surface area (Å²) in [6.45, 7) is 0. The molecule has 190 valence electrons. The molecule has 0 aliphatic heterocycles. The smallest absolute Gasteiger partial charge is 0.326 e. The number of amides is 2. The molecule has 0 spiro atoms. The average molecular weight is 499 g/mol. The van der Waals surface area contributed by atoms with Crippen LogP contribution in [0.3, 0.4) is 0 Å². The Kier molecular flexibility index (Phi) is 8.33. The number of aliphatic carboxylic acids is 1. The van der Waals surface area contributed by atoms with Crippen molar-refractivity contribution in [2.75, 3.05) is 0 Å². The lowest BCUT2D eigenvalue weighted by molar-refractivity contribution is -0.142. The molecule has 0 bridgehead atoms. The molecule has 0 aliphatic carbocycles. The van der Waals surface area contributed by atoms with E-state index in [1.54, 1.807) is 18.3 Å². The quantitative estimate of drug-likeness (QED) is 0.216. The molecule has 0 radical (unpaired) electrons. The van der Waals surface area contributed by atoms with Crippen LogP contribution in [-0.2, 0) is 33.6 Å². The normalized spacial score (nSPS) is 13.4. The van der Waals surface area contributed by atoms with Gasteiger partial charge in [-0.15, -0.1) is 0 Å². The maximum absolute atomic E-state index is 13.4. The fourth-order valence-corrected chi connectivity index (χ4v) is 4.29. The van der Waals surface area contributed by atoms with Gasteiger partial charge < -0.3 is 26.5 Å². The zero-order valence-electron chi connectivity index (χ0n) is 20.3. The van der Waals surface area contributed by atoms with Crippen LogP contribution in [0.15, 0.2) is 91.1 Å². The lowest BCUT2D eigenvalue weighted by Crippen LogP contribution is -2.55. The lowest BCUT2D eigenvalue weighted by atomic mass is 10.0. The summed E-state index contributed by atoms with van der Waals surface area (Å²) in [6.07, 6.45) is 2.38. The van der Waals surface area contributed by atoms with E-state index in [0.717, 1.165) is 27.6 Å². The summed E-state index contributed by atoms with van der Waals surface area (Å²) in [5, 5.41) is 16.1. The first-order valence-corrected chi connectivity index (χ1v) is 12.1. The maximum atomic E-state index is 13.4. The number of carboxylic acid groups (broad SMARTS) is 1. The van der Waals surface area contributed by atoms with Gasteiger partial charge in [0, 0.05) is 29.9 Å². The maximum Gasteiger partial charge on any atom is 0.326 e. The molecule has 0 saturated heterocycles. The van der Waals surface area contributed by atoms with Crippen molar-refractivity contribution in [3.05, 3.63) is 108 Å². The van der Waals surface area contributed by atoms with Gasteiger partial charge in [0.05, 0.1) is 6.04 Å². The number of benzene rings is 3. The number of para-hydroxylation sites is 1. The molecule has 8 heteroatoms. The molecule has 0 fully saturated rings. The Morgan fingerprint density at radius 3 is 1.95 bits per heavy atom. The summed E-state index contributed by atoms with van der Waals surface area (Å²) >= 11 is 0. The molecule has 8 nitrogen and oxygen atoms in total. The predicted molar refractivity (Wildman–Crippen MR) is 142 cm³/mol. The van der Waals surface area contributed by atoms with E-state index < -0.39 is 35.9 Å². The average Bonchev–Trinajstić information content (AvgIpc) is 3.31. The molecule has 2 amide bonds. The Morgan fingerprint density at radius 1 is 0.730 bits per heavy atom. The third kappa shape index (κ3) is 6.83. The van der Waals surface area contributed by atoms with Gasteiger partial charge in [-0.3, -0.25) is 9.59 Å². The van der Waals surface area contributed by atoms with Crippen LogP contribution in [0.5, 0.6) is 0 Å². The first-order valence-electron chi connectivity index (χ1n) is 12.1. The molecule has 0 saturated carbocycles. The van der Waals surface area contributed by atoms with Crippen LogP contribution in [-0.4, -0.2) is 46.0 Å². The van der Waals surface area contributed by atoms with Crippen molar-refractivity contribution in [3.63, 3.8) is 0 Å². The zero-order chi connectivity index (χ0) is 26.2. The lowest BCUT2D eigenvalue weighted by Gasteiger charge is -2.23. The number of nitrogens with two attached hydrogens (primary N) is 1. The van der Waals surface area contributed by atoms with Gasteiger partial charge in [0.2, 0.25) is 11.8 Å². The Bertz CT molecular complexity index is 1350. The fraction of sp³-hybridized carbons (Fsp3) is 0.207. The number of carbonyl (C=O) groups excluding carboxylic acids is 2. The molecule has 3 aromatic carbocycles. The minimum Gasteiger partial charge on any atom is -0.480 e. The SMILES string of the molecule is NC(Cc1ccccc1)C(=O)NC(Cc1c[nH]c2ccccc12)C(=O)NC(Cc1ccccc1)C(=O)O. The summed E-state index contributed by atoms with van der Waals surface area (Å²) in [6, 6.07) is 23.0. The Balaban J connectivity index is 1.53. The first kappa shape index (κ1) is 25.7. The van der Waals surface area contributed by atoms with Crippen LogP contribution in [0.2, 0.25) is 0 Å². The molecular formula is C29H30N4O4. The summed E-state index contributed by atoms with van der Waals surface area (Å²) in [5.41, 5.74) is 9.57. The van der Waals surface area contributed by atoms with E-state index in [1.165, 1.54) is 0 Å². The highest BCUT2D eigenvalue weighted by atomic mass is 16.4. The largest absolute Gasteiger partial charge is 0.480 e. The number of fused-ring (bicyclic) bond motifs is 1. The number of H-pyrrole nitrogens is 1.